The standard InChI is InChI=1S/C15H21N5O4S/c1-11-9-14(18(2)16-11)19-7-4-5-13(15(19)21)20(25(3,22)23)10-12-6-8-24-17-12/h6,8-9,13H,4-5,7,10H2,1-3H3. The molecule has 0 N–H and O–H groups in total. The van der Waals surface area contributed by atoms with E-state index in [9.17, 15) is 13.2 Å². The van der Waals surface area contributed by atoms with E-state index in [1.807, 2.05) is 13.0 Å². The van der Waals surface area contributed by atoms with Crippen molar-refractivity contribution in [3.8, 4) is 0 Å². The van der Waals surface area contributed by atoms with Crippen LogP contribution in [0.1, 0.15) is 24.2 Å². The van der Waals surface area contributed by atoms with Crippen LogP contribution in [0.2, 0.25) is 0 Å². The van der Waals surface area contributed by atoms with Crippen LogP contribution in [0.15, 0.2) is 22.9 Å². The molecule has 10 heteroatoms. The van der Waals surface area contributed by atoms with Gasteiger partial charge in [0.25, 0.3) is 0 Å². The maximum atomic E-state index is 13.0. The average molecular weight is 367 g/mol. The Morgan fingerprint density at radius 1 is 1.44 bits per heavy atom. The van der Waals surface area contributed by atoms with Crippen LogP contribution in [0, 0.1) is 6.92 Å². The monoisotopic (exact) mass is 367 g/mol. The third kappa shape index (κ3) is 3.59. The zero-order valence-corrected chi connectivity index (χ0v) is 15.2. The lowest BCUT2D eigenvalue weighted by molar-refractivity contribution is -0.123. The van der Waals surface area contributed by atoms with Crippen LogP contribution in [0.25, 0.3) is 0 Å². The second kappa shape index (κ2) is 6.60. The molecule has 3 heterocycles. The van der Waals surface area contributed by atoms with Crippen LogP contribution in [0.3, 0.4) is 0 Å². The minimum Gasteiger partial charge on any atom is -0.364 e. The zero-order chi connectivity index (χ0) is 18.2. The van der Waals surface area contributed by atoms with Crippen molar-refractivity contribution in [1.29, 1.82) is 0 Å². The van der Waals surface area contributed by atoms with Gasteiger partial charge < -0.3 is 4.52 Å². The second-order valence-corrected chi connectivity index (χ2v) is 8.15. The molecular formula is C15H21N5O4S. The lowest BCUT2D eigenvalue weighted by Gasteiger charge is -2.36. The molecule has 1 amide bonds. The predicted octanol–water partition coefficient (Wildman–Crippen LogP) is 0.674. The van der Waals surface area contributed by atoms with Gasteiger partial charge in [-0.25, -0.2) is 8.42 Å². The largest absolute Gasteiger partial charge is 0.364 e. The van der Waals surface area contributed by atoms with E-state index in [1.165, 1.54) is 10.6 Å². The molecule has 0 spiro atoms. The van der Waals surface area contributed by atoms with Crippen LogP contribution in [0.4, 0.5) is 5.82 Å². The third-order valence-corrected chi connectivity index (χ3v) is 5.48. The van der Waals surface area contributed by atoms with Gasteiger partial charge in [-0.1, -0.05) is 5.16 Å². The Labute approximate surface area is 146 Å². The molecule has 1 saturated heterocycles. The van der Waals surface area contributed by atoms with Gasteiger partial charge in [0.15, 0.2) is 0 Å². The number of carbonyl (C=O) groups excluding carboxylic acids is 1. The average Bonchev–Trinajstić information content (AvgIpc) is 3.14. The third-order valence-electron chi connectivity index (χ3n) is 4.25. The maximum absolute atomic E-state index is 13.0. The van der Waals surface area contributed by atoms with Crippen LogP contribution in [-0.4, -0.2) is 52.4 Å². The number of hydrogen-bond acceptors (Lipinski definition) is 6. The second-order valence-electron chi connectivity index (χ2n) is 6.21. The van der Waals surface area contributed by atoms with Crippen LogP contribution >= 0.6 is 0 Å². The quantitative estimate of drug-likeness (QED) is 0.770. The van der Waals surface area contributed by atoms with Crippen molar-refractivity contribution < 1.29 is 17.7 Å². The van der Waals surface area contributed by atoms with Crippen molar-refractivity contribution in [2.45, 2.75) is 32.4 Å². The fourth-order valence-corrected chi connectivity index (χ4v) is 4.16. The van der Waals surface area contributed by atoms with E-state index in [0.717, 1.165) is 11.9 Å². The van der Waals surface area contributed by atoms with Crippen molar-refractivity contribution in [3.05, 3.63) is 29.8 Å². The van der Waals surface area contributed by atoms with E-state index in [1.54, 1.807) is 22.7 Å². The van der Waals surface area contributed by atoms with Gasteiger partial charge in [-0.05, 0) is 19.8 Å². The first-order valence-corrected chi connectivity index (χ1v) is 9.80. The van der Waals surface area contributed by atoms with Gasteiger partial charge in [0, 0.05) is 25.7 Å². The van der Waals surface area contributed by atoms with Gasteiger partial charge in [0.05, 0.1) is 24.2 Å². The fourth-order valence-electron chi connectivity index (χ4n) is 3.14. The fraction of sp³-hybridized carbons (Fsp3) is 0.533. The van der Waals surface area contributed by atoms with Gasteiger partial charge in [0.2, 0.25) is 15.9 Å². The number of sulfonamides is 1. The number of nitrogens with zero attached hydrogens (tertiary/aromatic N) is 5. The minimum absolute atomic E-state index is 0.00396. The van der Waals surface area contributed by atoms with Crippen LogP contribution in [0.5, 0.6) is 0 Å². The molecule has 136 valence electrons. The molecule has 3 rings (SSSR count). The Balaban J connectivity index is 1.91. The minimum atomic E-state index is -3.60. The van der Waals surface area contributed by atoms with E-state index < -0.39 is 16.1 Å². The summed E-state index contributed by atoms with van der Waals surface area (Å²) in [4.78, 5) is 14.6. The molecule has 0 saturated carbocycles. The highest BCUT2D eigenvalue weighted by Crippen LogP contribution is 2.26. The molecule has 2 aromatic heterocycles. The Morgan fingerprint density at radius 3 is 2.76 bits per heavy atom. The first kappa shape index (κ1) is 17.6. The van der Waals surface area contributed by atoms with Gasteiger partial charge in [0.1, 0.15) is 18.1 Å². The molecule has 1 aliphatic rings. The lowest BCUT2D eigenvalue weighted by atomic mass is 10.0. The summed E-state index contributed by atoms with van der Waals surface area (Å²) in [5.41, 5.74) is 1.27. The van der Waals surface area contributed by atoms with E-state index in [0.29, 0.717) is 30.9 Å². The van der Waals surface area contributed by atoms with Crippen molar-refractivity contribution in [3.63, 3.8) is 0 Å². The molecule has 1 aliphatic heterocycles. The normalized spacial score (nSPS) is 19.0. The zero-order valence-electron chi connectivity index (χ0n) is 14.4. The maximum Gasteiger partial charge on any atom is 0.246 e. The first-order valence-electron chi connectivity index (χ1n) is 7.95. The van der Waals surface area contributed by atoms with Crippen molar-refractivity contribution in [2.24, 2.45) is 7.05 Å². The van der Waals surface area contributed by atoms with Gasteiger partial charge in [-0.2, -0.15) is 9.40 Å². The number of amides is 1. The molecule has 1 unspecified atom stereocenters. The number of rotatable bonds is 5. The summed E-state index contributed by atoms with van der Waals surface area (Å²) in [5, 5.41) is 8.03. The summed E-state index contributed by atoms with van der Waals surface area (Å²) in [6, 6.07) is 2.65. The molecule has 1 fully saturated rings. The lowest BCUT2D eigenvalue weighted by Crippen LogP contribution is -2.54. The number of piperidine rings is 1. The smallest absolute Gasteiger partial charge is 0.246 e. The molecule has 0 radical (unpaired) electrons. The Kier molecular flexibility index (Phi) is 4.65. The number of anilines is 1. The number of hydrogen-bond donors (Lipinski definition) is 0. The highest BCUT2D eigenvalue weighted by Gasteiger charge is 2.39. The van der Waals surface area contributed by atoms with Crippen molar-refractivity contribution in [2.75, 3.05) is 17.7 Å². The van der Waals surface area contributed by atoms with Gasteiger partial charge in [-0.15, -0.1) is 0 Å². The SMILES string of the molecule is Cc1cc(N2CCCC(N(Cc3ccon3)S(C)(=O)=O)C2=O)n(C)n1. The first-order chi connectivity index (χ1) is 11.8. The van der Waals surface area contributed by atoms with Crippen LogP contribution in [-0.2, 0) is 28.4 Å². The summed E-state index contributed by atoms with van der Waals surface area (Å²) in [6.45, 7) is 2.39. The van der Waals surface area contributed by atoms with E-state index in [2.05, 4.69) is 10.3 Å². The molecule has 2 aromatic rings. The van der Waals surface area contributed by atoms with Gasteiger partial charge in [-0.3, -0.25) is 14.4 Å². The van der Waals surface area contributed by atoms with Crippen molar-refractivity contribution in [1.82, 2.24) is 19.2 Å². The van der Waals surface area contributed by atoms with E-state index in [4.69, 9.17) is 4.52 Å². The Morgan fingerprint density at radius 2 is 2.20 bits per heavy atom. The van der Waals surface area contributed by atoms with Gasteiger partial charge >= 0.3 is 0 Å². The molecule has 9 nitrogen and oxygen atoms in total. The Hall–Kier alpha value is -2.20. The topological polar surface area (TPSA) is 102 Å². The Bertz CT molecular complexity index is 859. The number of aromatic nitrogens is 3. The molecule has 0 bridgehead atoms. The predicted molar refractivity (Wildman–Crippen MR) is 90.2 cm³/mol. The van der Waals surface area contributed by atoms with Crippen molar-refractivity contribution >= 4 is 21.7 Å². The number of carbonyl (C=O) groups is 1. The highest BCUT2D eigenvalue weighted by molar-refractivity contribution is 7.88. The summed E-state index contributed by atoms with van der Waals surface area (Å²) < 4.78 is 32.2. The molecule has 0 aliphatic carbocycles. The van der Waals surface area contributed by atoms with E-state index >= 15 is 0 Å². The number of aryl methyl sites for hydroxylation is 2. The summed E-state index contributed by atoms with van der Waals surface area (Å²) in [5.74, 6) is 0.422. The molecule has 25 heavy (non-hydrogen) atoms. The summed E-state index contributed by atoms with van der Waals surface area (Å²) >= 11 is 0. The highest BCUT2D eigenvalue weighted by atomic mass is 32.2. The molecule has 1 atom stereocenters. The van der Waals surface area contributed by atoms with E-state index in [-0.39, 0.29) is 12.5 Å². The summed E-state index contributed by atoms with van der Waals surface area (Å²) in [7, 11) is -1.84. The summed E-state index contributed by atoms with van der Waals surface area (Å²) in [6.07, 6.45) is 3.65. The van der Waals surface area contributed by atoms with Crippen LogP contribution < -0.4 is 4.90 Å². The molecule has 0 aromatic carbocycles. The molecular weight excluding hydrogens is 346 g/mol.